The first-order valence-corrected chi connectivity index (χ1v) is 7.42. The van der Waals surface area contributed by atoms with E-state index in [1.807, 2.05) is 45.9 Å². The molecule has 1 heterocycles. The van der Waals surface area contributed by atoms with E-state index in [-0.39, 0.29) is 6.04 Å². The number of carbonyl (C=O) groups excluding carboxylic acids is 1. The maximum Gasteiger partial charge on any atom is 0.407 e. The van der Waals surface area contributed by atoms with Gasteiger partial charge in [-0.2, -0.15) is 0 Å². The van der Waals surface area contributed by atoms with E-state index in [0.29, 0.717) is 24.5 Å². The SMILES string of the molecule is CC(Cc1ccc2c(c1)OC(CN)O2)NC(=O)OC(C)(C)C. The van der Waals surface area contributed by atoms with Crippen LogP contribution in [0.3, 0.4) is 0 Å². The molecule has 0 aromatic heterocycles. The summed E-state index contributed by atoms with van der Waals surface area (Å²) >= 11 is 0. The molecule has 0 bridgehead atoms. The number of alkyl carbamates (subject to hydrolysis) is 1. The Hall–Kier alpha value is -1.95. The molecule has 1 aromatic carbocycles. The second-order valence-electron chi connectivity index (χ2n) is 6.43. The Labute approximate surface area is 130 Å². The van der Waals surface area contributed by atoms with Gasteiger partial charge >= 0.3 is 6.09 Å². The van der Waals surface area contributed by atoms with E-state index in [0.717, 1.165) is 5.56 Å². The molecule has 0 spiro atoms. The lowest BCUT2D eigenvalue weighted by Gasteiger charge is -2.22. The maximum absolute atomic E-state index is 11.7. The van der Waals surface area contributed by atoms with Crippen LogP contribution >= 0.6 is 0 Å². The van der Waals surface area contributed by atoms with Crippen LogP contribution in [-0.2, 0) is 11.2 Å². The first-order chi connectivity index (χ1) is 10.3. The molecule has 0 radical (unpaired) electrons. The van der Waals surface area contributed by atoms with E-state index in [1.165, 1.54) is 0 Å². The number of ether oxygens (including phenoxy) is 3. The maximum atomic E-state index is 11.7. The molecule has 0 aliphatic carbocycles. The summed E-state index contributed by atoms with van der Waals surface area (Å²) in [6.45, 7) is 7.74. The third-order valence-corrected chi connectivity index (χ3v) is 3.02. The lowest BCUT2D eigenvalue weighted by Crippen LogP contribution is -2.38. The van der Waals surface area contributed by atoms with E-state index in [2.05, 4.69) is 5.32 Å². The fourth-order valence-electron chi connectivity index (χ4n) is 2.19. The highest BCUT2D eigenvalue weighted by Gasteiger charge is 2.23. The lowest BCUT2D eigenvalue weighted by molar-refractivity contribution is 0.0508. The molecule has 1 aliphatic rings. The van der Waals surface area contributed by atoms with Crippen molar-refractivity contribution in [2.75, 3.05) is 6.54 Å². The molecule has 1 aliphatic heterocycles. The fourth-order valence-corrected chi connectivity index (χ4v) is 2.19. The van der Waals surface area contributed by atoms with Gasteiger partial charge in [0.25, 0.3) is 6.29 Å². The van der Waals surface area contributed by atoms with Crippen molar-refractivity contribution in [1.29, 1.82) is 0 Å². The highest BCUT2D eigenvalue weighted by molar-refractivity contribution is 5.68. The zero-order valence-corrected chi connectivity index (χ0v) is 13.5. The van der Waals surface area contributed by atoms with E-state index in [9.17, 15) is 4.79 Å². The topological polar surface area (TPSA) is 82.8 Å². The molecule has 2 unspecified atom stereocenters. The van der Waals surface area contributed by atoms with Crippen LogP contribution in [-0.4, -0.2) is 30.6 Å². The Balaban J connectivity index is 1.90. The van der Waals surface area contributed by atoms with Gasteiger partial charge in [0.05, 0.1) is 6.54 Å². The molecular weight excluding hydrogens is 284 g/mol. The normalized spacial score (nSPS) is 18.0. The van der Waals surface area contributed by atoms with Gasteiger partial charge in [-0.15, -0.1) is 0 Å². The summed E-state index contributed by atoms with van der Waals surface area (Å²) in [4.78, 5) is 11.7. The summed E-state index contributed by atoms with van der Waals surface area (Å²) in [7, 11) is 0. The molecule has 0 fully saturated rings. The van der Waals surface area contributed by atoms with Gasteiger partial charge in [0.2, 0.25) is 0 Å². The highest BCUT2D eigenvalue weighted by atomic mass is 16.7. The number of amides is 1. The molecule has 1 amide bonds. The lowest BCUT2D eigenvalue weighted by atomic mass is 10.1. The van der Waals surface area contributed by atoms with Crippen LogP contribution in [0.4, 0.5) is 4.79 Å². The van der Waals surface area contributed by atoms with Crippen molar-refractivity contribution in [3.63, 3.8) is 0 Å². The summed E-state index contributed by atoms with van der Waals surface area (Å²) in [6.07, 6.45) is -0.157. The molecule has 2 atom stereocenters. The third-order valence-electron chi connectivity index (χ3n) is 3.02. The van der Waals surface area contributed by atoms with E-state index in [4.69, 9.17) is 19.9 Å². The van der Waals surface area contributed by atoms with Crippen molar-refractivity contribution in [1.82, 2.24) is 5.32 Å². The van der Waals surface area contributed by atoms with Gasteiger partial charge in [-0.1, -0.05) is 6.07 Å². The van der Waals surface area contributed by atoms with Crippen LogP contribution in [0.25, 0.3) is 0 Å². The first-order valence-electron chi connectivity index (χ1n) is 7.42. The van der Waals surface area contributed by atoms with Gasteiger partial charge < -0.3 is 25.3 Å². The minimum atomic E-state index is -0.500. The number of fused-ring (bicyclic) bond motifs is 1. The Kier molecular flexibility index (Phi) is 4.81. The van der Waals surface area contributed by atoms with Crippen molar-refractivity contribution in [3.8, 4) is 11.5 Å². The molecule has 6 nitrogen and oxygen atoms in total. The van der Waals surface area contributed by atoms with Crippen LogP contribution in [0.1, 0.15) is 33.3 Å². The number of rotatable bonds is 4. The molecular formula is C16H24N2O4. The van der Waals surface area contributed by atoms with Crippen LogP contribution in [0.2, 0.25) is 0 Å². The average molecular weight is 308 g/mol. The van der Waals surface area contributed by atoms with Gasteiger partial charge in [-0.05, 0) is 51.8 Å². The molecule has 3 N–H and O–H groups in total. The van der Waals surface area contributed by atoms with Gasteiger partial charge in [-0.25, -0.2) is 4.79 Å². The second-order valence-corrected chi connectivity index (χ2v) is 6.43. The number of hydrogen-bond donors (Lipinski definition) is 2. The monoisotopic (exact) mass is 308 g/mol. The molecule has 122 valence electrons. The van der Waals surface area contributed by atoms with Crippen molar-refractivity contribution in [3.05, 3.63) is 23.8 Å². The van der Waals surface area contributed by atoms with Crippen molar-refractivity contribution in [2.24, 2.45) is 5.73 Å². The Morgan fingerprint density at radius 1 is 1.36 bits per heavy atom. The Morgan fingerprint density at radius 2 is 2.05 bits per heavy atom. The molecule has 22 heavy (non-hydrogen) atoms. The van der Waals surface area contributed by atoms with Crippen molar-refractivity contribution in [2.45, 2.75) is 52.0 Å². The number of nitrogens with two attached hydrogens (primary N) is 1. The van der Waals surface area contributed by atoms with Gasteiger partial charge in [-0.3, -0.25) is 0 Å². The summed E-state index contributed by atoms with van der Waals surface area (Å²) in [5, 5.41) is 2.82. The quantitative estimate of drug-likeness (QED) is 0.891. The van der Waals surface area contributed by atoms with Crippen LogP contribution in [0.5, 0.6) is 11.5 Å². The summed E-state index contributed by atoms with van der Waals surface area (Å²) in [5.74, 6) is 1.39. The van der Waals surface area contributed by atoms with Crippen molar-refractivity contribution >= 4 is 6.09 Å². The number of carbonyl (C=O) groups is 1. The molecule has 1 aromatic rings. The van der Waals surface area contributed by atoms with Gasteiger partial charge in [0.1, 0.15) is 5.60 Å². The Bertz CT molecular complexity index is 539. The number of hydrogen-bond acceptors (Lipinski definition) is 5. The largest absolute Gasteiger partial charge is 0.450 e. The minimum Gasteiger partial charge on any atom is -0.450 e. The first kappa shape index (κ1) is 16.4. The predicted molar refractivity (Wildman–Crippen MR) is 83.1 cm³/mol. The second kappa shape index (κ2) is 6.44. The minimum absolute atomic E-state index is 0.0551. The standard InChI is InChI=1S/C16H24N2O4/c1-10(18-15(19)22-16(2,3)4)7-11-5-6-12-13(8-11)21-14(9-17)20-12/h5-6,8,10,14H,7,9,17H2,1-4H3,(H,18,19). The van der Waals surface area contributed by atoms with E-state index >= 15 is 0 Å². The highest BCUT2D eigenvalue weighted by Crippen LogP contribution is 2.35. The fraction of sp³-hybridized carbons (Fsp3) is 0.562. The van der Waals surface area contributed by atoms with Crippen LogP contribution in [0.15, 0.2) is 18.2 Å². The Morgan fingerprint density at radius 3 is 2.68 bits per heavy atom. The van der Waals surface area contributed by atoms with Crippen LogP contribution in [0, 0.1) is 0 Å². The van der Waals surface area contributed by atoms with Crippen LogP contribution < -0.4 is 20.5 Å². The van der Waals surface area contributed by atoms with E-state index < -0.39 is 18.0 Å². The predicted octanol–water partition coefficient (Wildman–Crippen LogP) is 2.20. The zero-order chi connectivity index (χ0) is 16.3. The number of nitrogens with one attached hydrogen (secondary N) is 1. The molecule has 2 rings (SSSR count). The van der Waals surface area contributed by atoms with Gasteiger partial charge in [0.15, 0.2) is 11.5 Å². The van der Waals surface area contributed by atoms with Gasteiger partial charge in [0, 0.05) is 6.04 Å². The molecule has 0 saturated carbocycles. The van der Waals surface area contributed by atoms with Crippen molar-refractivity contribution < 1.29 is 19.0 Å². The molecule has 0 saturated heterocycles. The number of benzene rings is 1. The zero-order valence-electron chi connectivity index (χ0n) is 13.5. The summed E-state index contributed by atoms with van der Waals surface area (Å²) < 4.78 is 16.3. The van der Waals surface area contributed by atoms with E-state index in [1.54, 1.807) is 0 Å². The average Bonchev–Trinajstić information content (AvgIpc) is 2.78. The molecule has 6 heteroatoms. The summed E-state index contributed by atoms with van der Waals surface area (Å²) in [5.41, 5.74) is 6.07. The third kappa shape index (κ3) is 4.53. The smallest absolute Gasteiger partial charge is 0.407 e. The summed E-state index contributed by atoms with van der Waals surface area (Å²) in [6, 6.07) is 5.67.